The molecule has 0 aliphatic heterocycles. The predicted octanol–water partition coefficient (Wildman–Crippen LogP) is 0.409. The Labute approximate surface area is 107 Å². The molecule has 18 heavy (non-hydrogen) atoms. The average molecular weight is 259 g/mol. The zero-order valence-electron chi connectivity index (χ0n) is 10.9. The van der Waals surface area contributed by atoms with Gasteiger partial charge in [-0.15, -0.1) is 0 Å². The lowest BCUT2D eigenvalue weighted by Gasteiger charge is -2.23. The number of hydrogen-bond acceptors (Lipinski definition) is 4. The third-order valence-electron chi connectivity index (χ3n) is 3.06. The molecule has 1 saturated carbocycles. The van der Waals surface area contributed by atoms with Crippen LogP contribution in [0.3, 0.4) is 0 Å². The van der Waals surface area contributed by atoms with Crippen LogP contribution in [0.25, 0.3) is 0 Å². The minimum atomic E-state index is -1.42. The molecule has 0 heterocycles. The minimum absolute atomic E-state index is 0.157. The van der Waals surface area contributed by atoms with Gasteiger partial charge < -0.3 is 19.9 Å². The maximum atomic E-state index is 11.9. The van der Waals surface area contributed by atoms with E-state index in [-0.39, 0.29) is 19.1 Å². The zero-order valence-corrected chi connectivity index (χ0v) is 10.9. The lowest BCUT2D eigenvalue weighted by atomic mass is 9.86. The van der Waals surface area contributed by atoms with Crippen LogP contribution >= 0.6 is 0 Å². The van der Waals surface area contributed by atoms with Crippen molar-refractivity contribution < 1.29 is 24.2 Å². The van der Waals surface area contributed by atoms with Crippen LogP contribution in [0.4, 0.5) is 0 Å². The number of carboxylic acid groups (broad SMARTS) is 1. The van der Waals surface area contributed by atoms with Crippen molar-refractivity contribution in [3.05, 3.63) is 0 Å². The van der Waals surface area contributed by atoms with Crippen LogP contribution in [0.15, 0.2) is 0 Å². The fourth-order valence-corrected chi connectivity index (χ4v) is 1.41. The summed E-state index contributed by atoms with van der Waals surface area (Å²) in [5, 5.41) is 11.9. The van der Waals surface area contributed by atoms with E-state index in [1.807, 2.05) is 0 Å². The molecule has 1 amide bonds. The van der Waals surface area contributed by atoms with Gasteiger partial charge in [0.15, 0.2) is 0 Å². The second-order valence-electron chi connectivity index (χ2n) is 4.74. The summed E-state index contributed by atoms with van der Waals surface area (Å²) in [5.74, 6) is -1.54. The fraction of sp³-hybridized carbons (Fsp3) is 0.833. The van der Waals surface area contributed by atoms with Crippen LogP contribution in [0.5, 0.6) is 0 Å². The Hall–Kier alpha value is -1.14. The molecule has 1 atom stereocenters. The molecule has 1 aliphatic rings. The number of aliphatic carboxylic acids is 1. The first-order valence-electron chi connectivity index (χ1n) is 6.11. The Bertz CT molecular complexity index is 303. The average Bonchev–Trinajstić information content (AvgIpc) is 3.12. The lowest BCUT2D eigenvalue weighted by molar-refractivity contribution is -0.156. The molecule has 0 saturated heterocycles. The summed E-state index contributed by atoms with van der Waals surface area (Å²) in [4.78, 5) is 23.1. The van der Waals surface area contributed by atoms with Crippen molar-refractivity contribution in [3.63, 3.8) is 0 Å². The van der Waals surface area contributed by atoms with Crippen LogP contribution < -0.4 is 5.32 Å². The number of rotatable bonds is 9. The molecule has 0 aromatic carbocycles. The van der Waals surface area contributed by atoms with Gasteiger partial charge in [0.05, 0.1) is 13.2 Å². The highest BCUT2D eigenvalue weighted by atomic mass is 16.5. The molecule has 6 nitrogen and oxygen atoms in total. The largest absolute Gasteiger partial charge is 0.480 e. The molecule has 1 unspecified atom stereocenters. The molecular weight excluding hydrogens is 238 g/mol. The maximum Gasteiger partial charge on any atom is 0.319 e. The third-order valence-corrected chi connectivity index (χ3v) is 3.06. The Morgan fingerprint density at radius 3 is 2.50 bits per heavy atom. The number of amides is 1. The maximum absolute atomic E-state index is 11.9. The molecule has 1 rings (SSSR count). The number of carbonyl (C=O) groups is 2. The minimum Gasteiger partial charge on any atom is -0.480 e. The quantitative estimate of drug-likeness (QED) is 0.463. The first kappa shape index (κ1) is 14.9. The van der Waals surface area contributed by atoms with E-state index in [1.54, 1.807) is 7.11 Å². The first-order chi connectivity index (χ1) is 8.50. The molecule has 6 heteroatoms. The van der Waals surface area contributed by atoms with E-state index in [0.717, 1.165) is 12.8 Å². The van der Waals surface area contributed by atoms with Gasteiger partial charge in [-0.3, -0.25) is 9.59 Å². The molecule has 0 aromatic rings. The zero-order chi connectivity index (χ0) is 13.6. The number of carbonyl (C=O) groups excluding carboxylic acids is 1. The van der Waals surface area contributed by atoms with Crippen LogP contribution in [0, 0.1) is 5.41 Å². The molecular formula is C12H21NO5. The molecule has 2 N–H and O–H groups in total. The van der Waals surface area contributed by atoms with Gasteiger partial charge in [0, 0.05) is 19.8 Å². The number of methoxy groups -OCH3 is 1. The molecule has 0 radical (unpaired) electrons. The summed E-state index contributed by atoms with van der Waals surface area (Å²) in [6, 6.07) is 0.158. The second kappa shape index (κ2) is 6.70. The van der Waals surface area contributed by atoms with E-state index >= 15 is 0 Å². The summed E-state index contributed by atoms with van der Waals surface area (Å²) in [6.07, 6.45) is 2.03. The Morgan fingerprint density at radius 2 is 2.00 bits per heavy atom. The molecule has 1 fully saturated rings. The molecule has 0 bridgehead atoms. The predicted molar refractivity (Wildman–Crippen MR) is 64.2 cm³/mol. The number of nitrogens with one attached hydrogen (secondary N) is 1. The summed E-state index contributed by atoms with van der Waals surface area (Å²) >= 11 is 0. The third kappa shape index (κ3) is 4.27. The van der Waals surface area contributed by atoms with Crippen LogP contribution in [-0.4, -0.2) is 50.0 Å². The van der Waals surface area contributed by atoms with Crippen molar-refractivity contribution >= 4 is 11.9 Å². The van der Waals surface area contributed by atoms with Gasteiger partial charge in [-0.25, -0.2) is 0 Å². The smallest absolute Gasteiger partial charge is 0.319 e. The van der Waals surface area contributed by atoms with Crippen molar-refractivity contribution in [2.24, 2.45) is 5.41 Å². The van der Waals surface area contributed by atoms with Crippen molar-refractivity contribution in [1.29, 1.82) is 0 Å². The number of carboxylic acids is 1. The van der Waals surface area contributed by atoms with Gasteiger partial charge >= 0.3 is 5.97 Å². The highest BCUT2D eigenvalue weighted by Crippen LogP contribution is 2.26. The normalized spacial score (nSPS) is 18.1. The monoisotopic (exact) mass is 259 g/mol. The topological polar surface area (TPSA) is 84.9 Å². The van der Waals surface area contributed by atoms with Gasteiger partial charge in [-0.1, -0.05) is 0 Å². The SMILES string of the molecule is COCCOCCC(C)(C(=O)O)C(=O)NC1CC1. The number of hydrogen-bond donors (Lipinski definition) is 2. The molecule has 0 aromatic heterocycles. The van der Waals surface area contributed by atoms with Crippen molar-refractivity contribution in [1.82, 2.24) is 5.32 Å². The van der Waals surface area contributed by atoms with Gasteiger partial charge in [0.2, 0.25) is 5.91 Å². The molecule has 1 aliphatic carbocycles. The first-order valence-corrected chi connectivity index (χ1v) is 6.11. The standard InChI is InChI=1S/C12H21NO5/c1-12(11(15)16,5-6-18-8-7-17-2)10(14)13-9-3-4-9/h9H,3-8H2,1-2H3,(H,13,14)(H,15,16). The van der Waals surface area contributed by atoms with E-state index in [9.17, 15) is 14.7 Å². The van der Waals surface area contributed by atoms with Crippen molar-refractivity contribution in [2.75, 3.05) is 26.9 Å². The van der Waals surface area contributed by atoms with Crippen LogP contribution in [0.2, 0.25) is 0 Å². The molecule has 0 spiro atoms. The van der Waals surface area contributed by atoms with E-state index in [1.165, 1.54) is 6.92 Å². The van der Waals surface area contributed by atoms with Gasteiger partial charge in [-0.2, -0.15) is 0 Å². The highest BCUT2D eigenvalue weighted by molar-refractivity contribution is 6.01. The van der Waals surface area contributed by atoms with Gasteiger partial charge in [0.1, 0.15) is 5.41 Å². The summed E-state index contributed by atoms with van der Waals surface area (Å²) in [5.41, 5.74) is -1.42. The van der Waals surface area contributed by atoms with Crippen molar-refractivity contribution in [2.45, 2.75) is 32.2 Å². The summed E-state index contributed by atoms with van der Waals surface area (Å²) < 4.78 is 10.0. The summed E-state index contributed by atoms with van der Waals surface area (Å²) in [6.45, 7) is 2.52. The Morgan fingerprint density at radius 1 is 1.33 bits per heavy atom. The van der Waals surface area contributed by atoms with E-state index in [2.05, 4.69) is 5.32 Å². The lowest BCUT2D eigenvalue weighted by Crippen LogP contribution is -2.46. The summed E-state index contributed by atoms with van der Waals surface area (Å²) in [7, 11) is 1.56. The van der Waals surface area contributed by atoms with Crippen molar-refractivity contribution in [3.8, 4) is 0 Å². The van der Waals surface area contributed by atoms with Gasteiger partial charge in [-0.05, 0) is 26.2 Å². The Kier molecular flexibility index (Phi) is 5.55. The van der Waals surface area contributed by atoms with Crippen LogP contribution in [-0.2, 0) is 19.1 Å². The van der Waals surface area contributed by atoms with E-state index in [0.29, 0.717) is 13.2 Å². The Balaban J connectivity index is 2.40. The molecule has 104 valence electrons. The fourth-order valence-electron chi connectivity index (χ4n) is 1.41. The second-order valence-corrected chi connectivity index (χ2v) is 4.74. The van der Waals surface area contributed by atoms with E-state index in [4.69, 9.17) is 9.47 Å². The number of ether oxygens (including phenoxy) is 2. The highest BCUT2D eigenvalue weighted by Gasteiger charge is 2.42. The van der Waals surface area contributed by atoms with E-state index < -0.39 is 17.3 Å². The van der Waals surface area contributed by atoms with Crippen LogP contribution in [0.1, 0.15) is 26.2 Å². The van der Waals surface area contributed by atoms with Gasteiger partial charge in [0.25, 0.3) is 0 Å².